The highest BCUT2D eigenvalue weighted by molar-refractivity contribution is 9.11. The van der Waals surface area contributed by atoms with E-state index in [-0.39, 0.29) is 5.95 Å². The number of nitrogen functional groups attached to an aromatic ring is 1. The summed E-state index contributed by atoms with van der Waals surface area (Å²) >= 11 is 6.88. The number of hydrogen-bond acceptors (Lipinski definition) is 6. The maximum absolute atomic E-state index is 5.62. The van der Waals surface area contributed by atoms with Crippen LogP contribution in [0.1, 0.15) is 0 Å². The lowest BCUT2D eigenvalue weighted by Crippen LogP contribution is -2.02. The van der Waals surface area contributed by atoms with Gasteiger partial charge in [-0.05, 0) is 37.9 Å². The van der Waals surface area contributed by atoms with Crippen LogP contribution < -0.4 is 20.5 Å². The fourth-order valence-electron chi connectivity index (χ4n) is 1.53. The van der Waals surface area contributed by atoms with Crippen LogP contribution in [0.25, 0.3) is 0 Å². The maximum atomic E-state index is 5.62. The highest BCUT2D eigenvalue weighted by Gasteiger charge is 2.09. The molecule has 0 aliphatic heterocycles. The third kappa shape index (κ3) is 3.31. The fourth-order valence-corrected chi connectivity index (χ4v) is 2.79. The van der Waals surface area contributed by atoms with Gasteiger partial charge in [0.25, 0.3) is 0 Å². The third-order valence-electron chi connectivity index (χ3n) is 2.43. The lowest BCUT2D eigenvalue weighted by Gasteiger charge is -2.12. The molecule has 0 aliphatic carbocycles. The summed E-state index contributed by atoms with van der Waals surface area (Å²) in [6, 6.07) is 5.36. The Morgan fingerprint density at radius 3 is 2.45 bits per heavy atom. The fraction of sp³-hybridized carbons (Fsp3) is 0.167. The molecule has 0 fully saturated rings. The minimum absolute atomic E-state index is 0.132. The van der Waals surface area contributed by atoms with Gasteiger partial charge < -0.3 is 20.5 Å². The molecule has 0 saturated heterocycles. The van der Waals surface area contributed by atoms with Crippen molar-refractivity contribution in [2.75, 3.05) is 25.3 Å². The Morgan fingerprint density at radius 2 is 1.80 bits per heavy atom. The molecule has 0 aliphatic rings. The maximum Gasteiger partial charge on any atom is 0.225 e. The highest BCUT2D eigenvalue weighted by atomic mass is 79.9. The van der Waals surface area contributed by atoms with Gasteiger partial charge in [-0.1, -0.05) is 0 Å². The van der Waals surface area contributed by atoms with E-state index < -0.39 is 0 Å². The number of rotatable bonds is 4. The second-order valence-electron chi connectivity index (χ2n) is 3.75. The first-order chi connectivity index (χ1) is 9.53. The predicted octanol–water partition coefficient (Wildman–Crippen LogP) is 3.34. The smallest absolute Gasteiger partial charge is 0.225 e. The Balaban J connectivity index is 2.36. The SMILES string of the molecule is COc1cc(Nc2cc(OC)c(Br)cc2Br)nc(N)n1. The molecule has 0 radical (unpaired) electrons. The van der Waals surface area contributed by atoms with Crippen LogP contribution >= 0.6 is 31.9 Å². The second-order valence-corrected chi connectivity index (χ2v) is 5.45. The normalized spacial score (nSPS) is 10.2. The van der Waals surface area contributed by atoms with Gasteiger partial charge in [-0.3, -0.25) is 0 Å². The zero-order valence-corrected chi connectivity index (χ0v) is 13.9. The van der Waals surface area contributed by atoms with Crippen LogP contribution in [0.3, 0.4) is 0 Å². The van der Waals surface area contributed by atoms with E-state index in [1.54, 1.807) is 13.2 Å². The van der Waals surface area contributed by atoms with Crippen molar-refractivity contribution < 1.29 is 9.47 Å². The van der Waals surface area contributed by atoms with E-state index in [4.69, 9.17) is 15.2 Å². The Hall–Kier alpha value is -1.54. The standard InChI is InChI=1S/C12H12Br2N4O2/c1-19-9-4-8(6(13)3-7(9)14)16-10-5-11(20-2)18-12(15)17-10/h3-5H,1-2H3,(H3,15,16,17,18). The van der Waals surface area contributed by atoms with E-state index in [0.717, 1.165) is 14.6 Å². The van der Waals surface area contributed by atoms with Gasteiger partial charge in [-0.2, -0.15) is 9.97 Å². The Kier molecular flexibility index (Phi) is 4.66. The summed E-state index contributed by atoms with van der Waals surface area (Å²) in [5.74, 6) is 1.75. The Labute approximate surface area is 133 Å². The number of aromatic nitrogens is 2. The molecule has 2 rings (SSSR count). The van der Waals surface area contributed by atoms with Gasteiger partial charge in [-0.25, -0.2) is 0 Å². The second kappa shape index (κ2) is 6.27. The van der Waals surface area contributed by atoms with Crippen molar-refractivity contribution in [2.24, 2.45) is 0 Å². The molecule has 0 amide bonds. The molecular formula is C12H12Br2N4O2. The van der Waals surface area contributed by atoms with Crippen LogP contribution in [0.5, 0.6) is 11.6 Å². The summed E-state index contributed by atoms with van der Waals surface area (Å²) in [5, 5.41) is 3.13. The van der Waals surface area contributed by atoms with E-state index in [1.165, 1.54) is 7.11 Å². The predicted molar refractivity (Wildman–Crippen MR) is 84.7 cm³/mol. The minimum Gasteiger partial charge on any atom is -0.495 e. The van der Waals surface area contributed by atoms with Crippen LogP contribution in [0, 0.1) is 0 Å². The lowest BCUT2D eigenvalue weighted by atomic mass is 10.3. The van der Waals surface area contributed by atoms with Gasteiger partial charge in [-0.15, -0.1) is 0 Å². The first-order valence-corrected chi connectivity index (χ1v) is 7.10. The molecule has 2 aromatic rings. The van der Waals surface area contributed by atoms with E-state index >= 15 is 0 Å². The number of hydrogen-bond donors (Lipinski definition) is 2. The Bertz CT molecular complexity index is 637. The van der Waals surface area contributed by atoms with Gasteiger partial charge in [0.15, 0.2) is 0 Å². The number of nitrogens with two attached hydrogens (primary N) is 1. The first kappa shape index (κ1) is 14.9. The molecule has 3 N–H and O–H groups in total. The van der Waals surface area contributed by atoms with Crippen LogP contribution in [0.2, 0.25) is 0 Å². The molecular weight excluding hydrogens is 392 g/mol. The molecule has 1 aromatic carbocycles. The number of nitrogens with zero attached hydrogens (tertiary/aromatic N) is 2. The van der Waals surface area contributed by atoms with Crippen molar-refractivity contribution in [2.45, 2.75) is 0 Å². The van der Waals surface area contributed by atoms with Gasteiger partial charge in [0.1, 0.15) is 11.6 Å². The zero-order valence-electron chi connectivity index (χ0n) is 10.8. The molecule has 0 saturated carbocycles. The molecule has 20 heavy (non-hydrogen) atoms. The van der Waals surface area contributed by atoms with Gasteiger partial charge in [0, 0.05) is 16.6 Å². The van der Waals surface area contributed by atoms with E-state index in [0.29, 0.717) is 17.4 Å². The summed E-state index contributed by atoms with van der Waals surface area (Å²) in [6.45, 7) is 0. The molecule has 1 aromatic heterocycles. The quantitative estimate of drug-likeness (QED) is 0.814. The van der Waals surface area contributed by atoms with Crippen LogP contribution in [-0.4, -0.2) is 24.2 Å². The first-order valence-electron chi connectivity index (χ1n) is 5.52. The molecule has 106 valence electrons. The van der Waals surface area contributed by atoms with Gasteiger partial charge in [0.05, 0.1) is 24.4 Å². The third-order valence-corrected chi connectivity index (χ3v) is 3.71. The van der Waals surface area contributed by atoms with Crippen LogP contribution in [0.4, 0.5) is 17.5 Å². The van der Waals surface area contributed by atoms with Crippen molar-refractivity contribution in [3.05, 3.63) is 27.1 Å². The van der Waals surface area contributed by atoms with Crippen molar-refractivity contribution in [3.63, 3.8) is 0 Å². The van der Waals surface area contributed by atoms with Gasteiger partial charge in [0.2, 0.25) is 11.8 Å². The number of halogens is 2. The molecule has 0 bridgehead atoms. The molecule has 1 heterocycles. The molecule has 0 atom stereocenters. The number of nitrogens with one attached hydrogen (secondary N) is 1. The molecule has 0 unspecified atom stereocenters. The summed E-state index contributed by atoms with van der Waals surface area (Å²) in [6.07, 6.45) is 0. The van der Waals surface area contributed by atoms with Crippen molar-refractivity contribution >= 4 is 49.3 Å². The Morgan fingerprint density at radius 1 is 1.05 bits per heavy atom. The average Bonchev–Trinajstić information content (AvgIpc) is 2.41. The van der Waals surface area contributed by atoms with Gasteiger partial charge >= 0.3 is 0 Å². The summed E-state index contributed by atoms with van der Waals surface area (Å²) in [5.41, 5.74) is 6.40. The summed E-state index contributed by atoms with van der Waals surface area (Å²) in [4.78, 5) is 8.02. The summed E-state index contributed by atoms with van der Waals surface area (Å²) in [7, 11) is 3.12. The zero-order chi connectivity index (χ0) is 14.7. The van der Waals surface area contributed by atoms with Crippen LogP contribution in [0.15, 0.2) is 27.1 Å². The average molecular weight is 404 g/mol. The van der Waals surface area contributed by atoms with E-state index in [1.807, 2.05) is 12.1 Å². The number of anilines is 3. The highest BCUT2D eigenvalue weighted by Crippen LogP contribution is 2.36. The van der Waals surface area contributed by atoms with Crippen molar-refractivity contribution in [1.29, 1.82) is 0 Å². The van der Waals surface area contributed by atoms with Crippen molar-refractivity contribution in [3.8, 4) is 11.6 Å². The van der Waals surface area contributed by atoms with Crippen LogP contribution in [-0.2, 0) is 0 Å². The molecule has 8 heteroatoms. The van der Waals surface area contributed by atoms with E-state index in [9.17, 15) is 0 Å². The minimum atomic E-state index is 0.132. The topological polar surface area (TPSA) is 82.3 Å². The lowest BCUT2D eigenvalue weighted by molar-refractivity contribution is 0.398. The van der Waals surface area contributed by atoms with Crippen molar-refractivity contribution in [1.82, 2.24) is 9.97 Å². The molecule has 0 spiro atoms. The number of benzene rings is 1. The van der Waals surface area contributed by atoms with E-state index in [2.05, 4.69) is 47.1 Å². The molecule has 6 nitrogen and oxygen atoms in total. The summed E-state index contributed by atoms with van der Waals surface area (Å²) < 4.78 is 12.0. The largest absolute Gasteiger partial charge is 0.495 e. The number of ether oxygens (including phenoxy) is 2. The monoisotopic (exact) mass is 402 g/mol. The number of methoxy groups -OCH3 is 2.